The zero-order chi connectivity index (χ0) is 15.2. The van der Waals surface area contributed by atoms with Crippen LogP contribution in [0.2, 0.25) is 0 Å². The summed E-state index contributed by atoms with van der Waals surface area (Å²) in [6, 6.07) is 11.0. The van der Waals surface area contributed by atoms with Crippen molar-refractivity contribution in [2.24, 2.45) is 0 Å². The summed E-state index contributed by atoms with van der Waals surface area (Å²) in [6.45, 7) is 0. The average molecular weight is 350 g/mol. The molecule has 0 aliphatic rings. The molecule has 1 aromatic heterocycles. The second kappa shape index (κ2) is 6.85. The fourth-order valence-corrected chi connectivity index (χ4v) is 1.93. The number of ether oxygens (including phenoxy) is 1. The Morgan fingerprint density at radius 2 is 1.86 bits per heavy atom. The average Bonchev–Trinajstić information content (AvgIpc) is 2.50. The topological polar surface area (TPSA) is 80.3 Å². The van der Waals surface area contributed by atoms with Crippen LogP contribution in [0.1, 0.15) is 10.4 Å². The first-order valence-corrected chi connectivity index (χ1v) is 6.77. The number of nitrogens with zero attached hydrogens (tertiary/aromatic N) is 1. The SMILES string of the molecule is COc1nc(NC(=O)NC(=O)c2ccccc2)ccc1Br. The van der Waals surface area contributed by atoms with E-state index in [1.807, 2.05) is 0 Å². The standard InChI is InChI=1S/C14H12BrN3O3/c1-21-13-10(15)7-8-11(16-13)17-14(20)18-12(19)9-5-3-2-4-6-9/h2-8H,1H3,(H2,16,17,18,19,20). The Kier molecular flexibility index (Phi) is 4.89. The van der Waals surface area contributed by atoms with Crippen LogP contribution in [-0.2, 0) is 0 Å². The highest BCUT2D eigenvalue weighted by Gasteiger charge is 2.11. The summed E-state index contributed by atoms with van der Waals surface area (Å²) in [7, 11) is 1.47. The van der Waals surface area contributed by atoms with E-state index in [2.05, 4.69) is 31.5 Å². The van der Waals surface area contributed by atoms with Crippen molar-refractivity contribution in [2.45, 2.75) is 0 Å². The lowest BCUT2D eigenvalue weighted by atomic mass is 10.2. The third kappa shape index (κ3) is 4.03. The van der Waals surface area contributed by atoms with Gasteiger partial charge in [0, 0.05) is 5.56 Å². The van der Waals surface area contributed by atoms with Gasteiger partial charge in [-0.2, -0.15) is 4.98 Å². The van der Waals surface area contributed by atoms with Crippen LogP contribution in [0.4, 0.5) is 10.6 Å². The highest BCUT2D eigenvalue weighted by molar-refractivity contribution is 9.10. The molecule has 0 spiro atoms. The number of pyridine rings is 1. The van der Waals surface area contributed by atoms with Gasteiger partial charge in [0.2, 0.25) is 5.88 Å². The quantitative estimate of drug-likeness (QED) is 0.892. The largest absolute Gasteiger partial charge is 0.480 e. The zero-order valence-corrected chi connectivity index (χ0v) is 12.7. The summed E-state index contributed by atoms with van der Waals surface area (Å²) in [5.74, 6) is 0.118. The lowest BCUT2D eigenvalue weighted by molar-refractivity contribution is 0.0967. The Hall–Kier alpha value is -2.41. The summed E-state index contributed by atoms with van der Waals surface area (Å²) in [5, 5.41) is 4.68. The Balaban J connectivity index is 2.00. The molecule has 0 bridgehead atoms. The second-order valence-electron chi connectivity index (χ2n) is 3.96. The molecule has 2 aromatic rings. The lowest BCUT2D eigenvalue weighted by Crippen LogP contribution is -2.34. The molecule has 0 radical (unpaired) electrons. The van der Waals surface area contributed by atoms with E-state index in [0.29, 0.717) is 15.9 Å². The van der Waals surface area contributed by atoms with Gasteiger partial charge in [-0.3, -0.25) is 15.4 Å². The first-order chi connectivity index (χ1) is 10.1. The second-order valence-corrected chi connectivity index (χ2v) is 4.82. The highest BCUT2D eigenvalue weighted by Crippen LogP contribution is 2.23. The number of urea groups is 1. The van der Waals surface area contributed by atoms with Crippen LogP contribution >= 0.6 is 15.9 Å². The maximum absolute atomic E-state index is 11.8. The van der Waals surface area contributed by atoms with Gasteiger partial charge in [-0.25, -0.2) is 4.79 Å². The zero-order valence-electron chi connectivity index (χ0n) is 11.1. The molecule has 0 saturated carbocycles. The number of hydrogen-bond donors (Lipinski definition) is 2. The van der Waals surface area contributed by atoms with Gasteiger partial charge in [0.15, 0.2) is 0 Å². The summed E-state index contributed by atoms with van der Waals surface area (Å²) < 4.78 is 5.68. The lowest BCUT2D eigenvalue weighted by Gasteiger charge is -2.08. The maximum Gasteiger partial charge on any atom is 0.327 e. The van der Waals surface area contributed by atoms with Crippen molar-refractivity contribution >= 4 is 33.7 Å². The minimum absolute atomic E-state index is 0.272. The molecule has 0 atom stereocenters. The summed E-state index contributed by atoms with van der Waals surface area (Å²) in [4.78, 5) is 27.6. The van der Waals surface area contributed by atoms with Crippen LogP contribution in [0.15, 0.2) is 46.9 Å². The molecule has 2 rings (SSSR count). The van der Waals surface area contributed by atoms with Gasteiger partial charge in [-0.15, -0.1) is 0 Å². The van der Waals surface area contributed by atoms with Crippen LogP contribution in [0.5, 0.6) is 5.88 Å². The number of carbonyl (C=O) groups is 2. The first-order valence-electron chi connectivity index (χ1n) is 5.98. The molecular formula is C14H12BrN3O3. The van der Waals surface area contributed by atoms with Gasteiger partial charge in [0.25, 0.3) is 5.91 Å². The minimum Gasteiger partial charge on any atom is -0.480 e. The normalized spacial score (nSPS) is 9.81. The van der Waals surface area contributed by atoms with Gasteiger partial charge in [-0.05, 0) is 40.2 Å². The first kappa shape index (κ1) is 15.0. The number of amides is 3. The van der Waals surface area contributed by atoms with Crippen molar-refractivity contribution in [3.05, 3.63) is 52.5 Å². The molecule has 108 valence electrons. The van der Waals surface area contributed by atoms with E-state index in [0.717, 1.165) is 0 Å². The number of benzene rings is 1. The summed E-state index contributed by atoms with van der Waals surface area (Å²) in [5.41, 5.74) is 0.397. The van der Waals surface area contributed by atoms with Crippen molar-refractivity contribution in [1.29, 1.82) is 0 Å². The van der Waals surface area contributed by atoms with E-state index in [1.165, 1.54) is 7.11 Å². The summed E-state index contributed by atoms with van der Waals surface area (Å²) in [6.07, 6.45) is 0. The number of rotatable bonds is 3. The fourth-order valence-electron chi connectivity index (χ4n) is 1.55. The number of methoxy groups -OCH3 is 1. The number of hydrogen-bond acceptors (Lipinski definition) is 4. The van der Waals surface area contributed by atoms with E-state index in [4.69, 9.17) is 4.74 Å². The molecule has 7 heteroatoms. The van der Waals surface area contributed by atoms with Gasteiger partial charge in [-0.1, -0.05) is 18.2 Å². The third-order valence-corrected chi connectivity index (χ3v) is 3.12. The number of nitrogens with one attached hydrogen (secondary N) is 2. The molecular weight excluding hydrogens is 338 g/mol. The van der Waals surface area contributed by atoms with Gasteiger partial charge >= 0.3 is 6.03 Å². The van der Waals surface area contributed by atoms with Crippen molar-refractivity contribution in [1.82, 2.24) is 10.3 Å². The molecule has 6 nitrogen and oxygen atoms in total. The third-order valence-electron chi connectivity index (χ3n) is 2.51. The Bertz CT molecular complexity index is 662. The molecule has 0 unspecified atom stereocenters. The minimum atomic E-state index is -0.666. The number of imide groups is 1. The molecule has 1 heterocycles. The van der Waals surface area contributed by atoms with E-state index < -0.39 is 11.9 Å². The molecule has 0 fully saturated rings. The molecule has 3 amide bonds. The van der Waals surface area contributed by atoms with Crippen LogP contribution in [0, 0.1) is 0 Å². The molecule has 2 N–H and O–H groups in total. The van der Waals surface area contributed by atoms with Crippen molar-refractivity contribution in [2.75, 3.05) is 12.4 Å². The van der Waals surface area contributed by atoms with Crippen molar-refractivity contribution in [3.63, 3.8) is 0 Å². The molecule has 0 aliphatic carbocycles. The number of anilines is 1. The van der Waals surface area contributed by atoms with E-state index >= 15 is 0 Å². The van der Waals surface area contributed by atoms with Gasteiger partial charge < -0.3 is 4.74 Å². The molecule has 0 aliphatic heterocycles. The molecule has 1 aromatic carbocycles. The molecule has 21 heavy (non-hydrogen) atoms. The Morgan fingerprint density at radius 3 is 2.52 bits per heavy atom. The Labute approximate surface area is 129 Å². The predicted octanol–water partition coefficient (Wildman–Crippen LogP) is 2.81. The van der Waals surface area contributed by atoms with Crippen LogP contribution in [0.25, 0.3) is 0 Å². The van der Waals surface area contributed by atoms with Crippen molar-refractivity contribution in [3.8, 4) is 5.88 Å². The van der Waals surface area contributed by atoms with Crippen LogP contribution in [-0.4, -0.2) is 24.0 Å². The van der Waals surface area contributed by atoms with Gasteiger partial charge in [0.05, 0.1) is 11.6 Å². The highest BCUT2D eigenvalue weighted by atomic mass is 79.9. The maximum atomic E-state index is 11.8. The van der Waals surface area contributed by atoms with E-state index in [-0.39, 0.29) is 5.82 Å². The van der Waals surface area contributed by atoms with E-state index in [1.54, 1.807) is 42.5 Å². The van der Waals surface area contributed by atoms with Crippen LogP contribution in [0.3, 0.4) is 0 Å². The summed E-state index contributed by atoms with van der Waals surface area (Å²) >= 11 is 3.26. The number of halogens is 1. The Morgan fingerprint density at radius 1 is 1.14 bits per heavy atom. The smallest absolute Gasteiger partial charge is 0.327 e. The fraction of sp³-hybridized carbons (Fsp3) is 0.0714. The van der Waals surface area contributed by atoms with Gasteiger partial charge in [0.1, 0.15) is 5.82 Å². The predicted molar refractivity (Wildman–Crippen MR) is 81.4 cm³/mol. The van der Waals surface area contributed by atoms with Crippen LogP contribution < -0.4 is 15.4 Å². The monoisotopic (exact) mass is 349 g/mol. The number of carbonyl (C=O) groups excluding carboxylic acids is 2. The van der Waals surface area contributed by atoms with Crippen molar-refractivity contribution < 1.29 is 14.3 Å². The number of aromatic nitrogens is 1. The molecule has 0 saturated heterocycles. The van der Waals surface area contributed by atoms with E-state index in [9.17, 15) is 9.59 Å².